The van der Waals surface area contributed by atoms with Gasteiger partial charge in [0, 0.05) is 33.1 Å². The third kappa shape index (κ3) is 6.23. The van der Waals surface area contributed by atoms with Crippen molar-refractivity contribution in [2.45, 2.75) is 0 Å². The van der Waals surface area contributed by atoms with Crippen LogP contribution >= 0.6 is 0 Å². The molecule has 0 aliphatic carbocycles. The van der Waals surface area contributed by atoms with E-state index in [0.717, 1.165) is 61.1 Å². The van der Waals surface area contributed by atoms with Crippen molar-refractivity contribution < 1.29 is 4.42 Å². The van der Waals surface area contributed by atoms with E-state index in [4.69, 9.17) is 4.42 Å². The van der Waals surface area contributed by atoms with Gasteiger partial charge in [-0.15, -0.1) is 0 Å². The van der Waals surface area contributed by atoms with Crippen molar-refractivity contribution in [1.29, 1.82) is 0 Å². The van der Waals surface area contributed by atoms with Gasteiger partial charge in [0.05, 0.1) is 5.69 Å². The van der Waals surface area contributed by atoms with E-state index in [2.05, 4.69) is 241 Å². The summed E-state index contributed by atoms with van der Waals surface area (Å²) in [5.74, 6) is 0. The Morgan fingerprint density at radius 3 is 1.47 bits per heavy atom. The Morgan fingerprint density at radius 2 is 0.767 bits per heavy atom. The molecule has 0 fully saturated rings. The fourth-order valence-corrected chi connectivity index (χ4v) is 8.88. The van der Waals surface area contributed by atoms with E-state index in [1.807, 2.05) is 0 Å². The minimum atomic E-state index is 0.893. The lowest BCUT2D eigenvalue weighted by atomic mass is 9.88. The minimum Gasteiger partial charge on any atom is -0.455 e. The molecule has 2 heteroatoms. The van der Waals surface area contributed by atoms with Crippen LogP contribution in [0.15, 0.2) is 241 Å². The molecule has 1 aromatic heterocycles. The molecular weight excluding hydrogens is 727 g/mol. The van der Waals surface area contributed by atoms with E-state index < -0.39 is 0 Å². The molecule has 0 aliphatic heterocycles. The average Bonchev–Trinajstić information content (AvgIpc) is 3.73. The number of benzene rings is 10. The summed E-state index contributed by atoms with van der Waals surface area (Å²) in [6, 6.07) is 84.8. The van der Waals surface area contributed by atoms with Crippen molar-refractivity contribution >= 4 is 49.8 Å². The van der Waals surface area contributed by atoms with Gasteiger partial charge >= 0.3 is 0 Å². The second kappa shape index (κ2) is 15.1. The van der Waals surface area contributed by atoms with E-state index in [1.165, 1.54) is 44.3 Å². The number of rotatable bonds is 8. The largest absolute Gasteiger partial charge is 0.455 e. The van der Waals surface area contributed by atoms with Gasteiger partial charge in [-0.2, -0.15) is 0 Å². The topological polar surface area (TPSA) is 16.4 Å². The maximum Gasteiger partial charge on any atom is 0.143 e. The molecule has 0 saturated heterocycles. The fraction of sp³-hybridized carbons (Fsp3) is 0. The first-order valence-electron chi connectivity index (χ1n) is 20.5. The van der Waals surface area contributed by atoms with E-state index in [-0.39, 0.29) is 0 Å². The molecular formula is C58H39NO. The van der Waals surface area contributed by atoms with E-state index in [0.29, 0.717) is 0 Å². The van der Waals surface area contributed by atoms with Crippen LogP contribution < -0.4 is 4.90 Å². The molecule has 60 heavy (non-hydrogen) atoms. The Hall–Kier alpha value is -7.94. The summed E-state index contributed by atoms with van der Waals surface area (Å²) in [6.07, 6.45) is 0. The molecule has 11 aromatic rings. The molecule has 1 heterocycles. The van der Waals surface area contributed by atoms with Gasteiger partial charge in [-0.1, -0.05) is 194 Å². The smallest absolute Gasteiger partial charge is 0.143 e. The highest BCUT2D eigenvalue weighted by atomic mass is 16.3. The summed E-state index contributed by atoms with van der Waals surface area (Å²) < 4.78 is 6.57. The normalized spacial score (nSPS) is 11.3. The van der Waals surface area contributed by atoms with Gasteiger partial charge in [-0.3, -0.25) is 0 Å². The second-order valence-corrected chi connectivity index (χ2v) is 15.2. The summed E-state index contributed by atoms with van der Waals surface area (Å²) >= 11 is 0. The van der Waals surface area contributed by atoms with Crippen molar-refractivity contribution in [3.8, 4) is 55.6 Å². The number of para-hydroxylation sites is 1. The zero-order chi connectivity index (χ0) is 39.8. The number of anilines is 3. The van der Waals surface area contributed by atoms with Crippen molar-refractivity contribution in [3.63, 3.8) is 0 Å². The number of hydrogen-bond donors (Lipinski definition) is 0. The Morgan fingerprint density at radius 1 is 0.283 bits per heavy atom. The molecule has 0 unspecified atom stereocenters. The molecule has 0 radical (unpaired) electrons. The van der Waals surface area contributed by atoms with E-state index in [1.54, 1.807) is 0 Å². The van der Waals surface area contributed by atoms with Gasteiger partial charge in [0.25, 0.3) is 0 Å². The fourth-order valence-electron chi connectivity index (χ4n) is 8.88. The molecule has 0 aliphatic rings. The summed E-state index contributed by atoms with van der Waals surface area (Å²) in [5.41, 5.74) is 16.8. The molecule has 0 amide bonds. The Bertz CT molecular complexity index is 3290. The predicted molar refractivity (Wildman–Crippen MR) is 253 cm³/mol. The van der Waals surface area contributed by atoms with Crippen LogP contribution in [0.1, 0.15) is 0 Å². The van der Waals surface area contributed by atoms with Crippen LogP contribution in [0, 0.1) is 0 Å². The highest BCUT2D eigenvalue weighted by Crippen LogP contribution is 2.46. The van der Waals surface area contributed by atoms with Crippen LogP contribution in [0.3, 0.4) is 0 Å². The van der Waals surface area contributed by atoms with Crippen LogP contribution in [-0.2, 0) is 0 Å². The molecule has 2 nitrogen and oxygen atoms in total. The Balaban J connectivity index is 1.06. The maximum atomic E-state index is 6.57. The third-order valence-corrected chi connectivity index (χ3v) is 11.7. The molecule has 11 rings (SSSR count). The lowest BCUT2D eigenvalue weighted by molar-refractivity contribution is 0.673. The first kappa shape index (κ1) is 35.2. The lowest BCUT2D eigenvalue weighted by Crippen LogP contribution is -2.11. The monoisotopic (exact) mass is 765 g/mol. The average molecular weight is 766 g/mol. The number of furan rings is 1. The zero-order valence-corrected chi connectivity index (χ0v) is 32.9. The lowest BCUT2D eigenvalue weighted by Gasteiger charge is -2.29. The highest BCUT2D eigenvalue weighted by Gasteiger charge is 2.21. The number of hydrogen-bond acceptors (Lipinski definition) is 2. The molecule has 0 saturated carbocycles. The van der Waals surface area contributed by atoms with Crippen molar-refractivity contribution in [3.05, 3.63) is 237 Å². The summed E-state index contributed by atoms with van der Waals surface area (Å²) in [6.45, 7) is 0. The van der Waals surface area contributed by atoms with Gasteiger partial charge in [-0.05, 0) is 97.9 Å². The van der Waals surface area contributed by atoms with Gasteiger partial charge in [0.15, 0.2) is 0 Å². The SMILES string of the molecule is c1ccc(-c2ccc(N(c3ccc(-c4cccc5oc6c7ccccc7ccc6c45)cc3)c3ccccc3-c3ccccc3-c3ccccc3-c3ccccc3)cc2)cc1. The quantitative estimate of drug-likeness (QED) is 0.153. The molecule has 282 valence electrons. The van der Waals surface area contributed by atoms with Crippen molar-refractivity contribution in [2.24, 2.45) is 0 Å². The van der Waals surface area contributed by atoms with Gasteiger partial charge < -0.3 is 9.32 Å². The zero-order valence-electron chi connectivity index (χ0n) is 32.9. The molecule has 0 atom stereocenters. The first-order valence-corrected chi connectivity index (χ1v) is 20.5. The second-order valence-electron chi connectivity index (χ2n) is 15.2. The molecule has 0 spiro atoms. The number of nitrogens with zero attached hydrogens (tertiary/aromatic N) is 1. The van der Waals surface area contributed by atoms with Crippen LogP contribution in [-0.4, -0.2) is 0 Å². The molecule has 10 aromatic carbocycles. The van der Waals surface area contributed by atoms with Crippen molar-refractivity contribution in [2.75, 3.05) is 4.90 Å². The number of fused-ring (bicyclic) bond motifs is 5. The molecule has 0 N–H and O–H groups in total. The van der Waals surface area contributed by atoms with Crippen LogP contribution in [0.2, 0.25) is 0 Å². The third-order valence-electron chi connectivity index (χ3n) is 11.7. The van der Waals surface area contributed by atoms with E-state index in [9.17, 15) is 0 Å². The van der Waals surface area contributed by atoms with Crippen LogP contribution in [0.25, 0.3) is 88.3 Å². The standard InChI is InChI=1S/C58H39NO/c1-3-16-40(17-4-1)41-30-35-45(36-31-41)59(46-37-32-44(33-38-46)48-27-15-29-56-57(48)54-39-34-43-20-7-8-22-49(43)58(54)60-56)55-28-14-13-26-53(55)52-25-12-11-24-51(52)50-23-10-9-21-47(50)42-18-5-2-6-19-42/h1-39H. The van der Waals surface area contributed by atoms with Crippen LogP contribution in [0.5, 0.6) is 0 Å². The minimum absolute atomic E-state index is 0.893. The van der Waals surface area contributed by atoms with Gasteiger partial charge in [0.2, 0.25) is 0 Å². The Kier molecular flexibility index (Phi) is 8.87. The first-order chi connectivity index (χ1) is 29.8. The van der Waals surface area contributed by atoms with Crippen molar-refractivity contribution in [1.82, 2.24) is 0 Å². The molecule has 0 bridgehead atoms. The summed E-state index contributed by atoms with van der Waals surface area (Å²) in [5, 5.41) is 4.57. The maximum absolute atomic E-state index is 6.57. The summed E-state index contributed by atoms with van der Waals surface area (Å²) in [4.78, 5) is 2.40. The van der Waals surface area contributed by atoms with Gasteiger partial charge in [0.1, 0.15) is 11.2 Å². The van der Waals surface area contributed by atoms with Gasteiger partial charge in [-0.25, -0.2) is 0 Å². The van der Waals surface area contributed by atoms with E-state index >= 15 is 0 Å². The predicted octanol–water partition coefficient (Wildman–Crippen LogP) is 16.5. The van der Waals surface area contributed by atoms with Crippen LogP contribution in [0.4, 0.5) is 17.1 Å². The Labute approximate surface area is 349 Å². The summed E-state index contributed by atoms with van der Waals surface area (Å²) in [7, 11) is 0. The highest BCUT2D eigenvalue weighted by molar-refractivity contribution is 6.19.